The third kappa shape index (κ3) is 3.44. The first-order valence-electron chi connectivity index (χ1n) is 8.55. The highest BCUT2D eigenvalue weighted by Crippen LogP contribution is 2.28. The number of hydrogen-bond donors (Lipinski definition) is 1. The fourth-order valence-electron chi connectivity index (χ4n) is 2.88. The summed E-state index contributed by atoms with van der Waals surface area (Å²) in [6.07, 6.45) is 0. The van der Waals surface area contributed by atoms with Crippen LogP contribution < -0.4 is 5.32 Å². The Morgan fingerprint density at radius 2 is 1.78 bits per heavy atom. The fraction of sp³-hybridized carbons (Fsp3) is 0.0909. The Hall–Kier alpha value is -3.11. The monoisotopic (exact) mass is 376 g/mol. The van der Waals surface area contributed by atoms with Crippen molar-refractivity contribution in [3.8, 4) is 11.5 Å². The van der Waals surface area contributed by atoms with Gasteiger partial charge in [-0.15, -0.1) is 0 Å². The molecule has 5 heteroatoms. The molecule has 0 aliphatic heterocycles. The van der Waals surface area contributed by atoms with Crippen molar-refractivity contribution < 1.29 is 9.21 Å². The lowest BCUT2D eigenvalue weighted by Gasteiger charge is -2.07. The number of carbonyl (C=O) groups excluding carboxylic acids is 1. The largest absolute Gasteiger partial charge is 0.436 e. The van der Waals surface area contributed by atoms with Crippen molar-refractivity contribution in [1.29, 1.82) is 0 Å². The molecule has 1 aromatic heterocycles. The van der Waals surface area contributed by atoms with E-state index in [9.17, 15) is 4.79 Å². The van der Waals surface area contributed by atoms with Gasteiger partial charge in [-0.05, 0) is 67.4 Å². The van der Waals surface area contributed by atoms with E-state index < -0.39 is 0 Å². The first-order chi connectivity index (χ1) is 13.0. The first kappa shape index (κ1) is 17.3. The summed E-state index contributed by atoms with van der Waals surface area (Å²) in [6, 6.07) is 18.3. The van der Waals surface area contributed by atoms with Crippen molar-refractivity contribution in [3.63, 3.8) is 0 Å². The molecule has 134 valence electrons. The quantitative estimate of drug-likeness (QED) is 0.475. The molecule has 1 N–H and O–H groups in total. The summed E-state index contributed by atoms with van der Waals surface area (Å²) in [5, 5.41) is 3.28. The highest BCUT2D eigenvalue weighted by molar-refractivity contribution is 6.34. The van der Waals surface area contributed by atoms with Crippen LogP contribution in [0.2, 0.25) is 5.02 Å². The molecule has 0 atom stereocenters. The zero-order valence-electron chi connectivity index (χ0n) is 14.9. The fourth-order valence-corrected chi connectivity index (χ4v) is 3.10. The molecule has 27 heavy (non-hydrogen) atoms. The molecule has 4 aromatic rings. The van der Waals surface area contributed by atoms with Crippen LogP contribution >= 0.6 is 11.6 Å². The Morgan fingerprint density at radius 3 is 2.59 bits per heavy atom. The van der Waals surface area contributed by atoms with Crippen LogP contribution in [-0.4, -0.2) is 10.9 Å². The second kappa shape index (κ2) is 6.89. The van der Waals surface area contributed by atoms with Gasteiger partial charge in [0.1, 0.15) is 5.52 Å². The van der Waals surface area contributed by atoms with Gasteiger partial charge in [0.2, 0.25) is 5.89 Å². The number of benzene rings is 3. The Labute approximate surface area is 161 Å². The molecular formula is C22H17ClN2O2. The van der Waals surface area contributed by atoms with E-state index in [1.54, 1.807) is 24.3 Å². The topological polar surface area (TPSA) is 55.1 Å². The normalized spacial score (nSPS) is 10.9. The smallest absolute Gasteiger partial charge is 0.257 e. The van der Waals surface area contributed by atoms with E-state index >= 15 is 0 Å². The van der Waals surface area contributed by atoms with Gasteiger partial charge < -0.3 is 9.73 Å². The molecular weight excluding hydrogens is 360 g/mol. The van der Waals surface area contributed by atoms with Gasteiger partial charge in [0, 0.05) is 11.3 Å². The maximum Gasteiger partial charge on any atom is 0.257 e. The minimum absolute atomic E-state index is 0.262. The minimum Gasteiger partial charge on any atom is -0.436 e. The number of fused-ring (bicyclic) bond motifs is 1. The van der Waals surface area contributed by atoms with Crippen LogP contribution in [0.15, 0.2) is 65.1 Å². The molecule has 0 fully saturated rings. The molecule has 4 rings (SSSR count). The second-order valence-electron chi connectivity index (χ2n) is 6.44. The molecule has 4 nitrogen and oxygen atoms in total. The van der Waals surface area contributed by atoms with Crippen molar-refractivity contribution in [2.45, 2.75) is 13.8 Å². The predicted octanol–water partition coefficient (Wildman–Crippen LogP) is 6.02. The number of rotatable bonds is 3. The van der Waals surface area contributed by atoms with Crippen LogP contribution in [-0.2, 0) is 0 Å². The van der Waals surface area contributed by atoms with Crippen molar-refractivity contribution in [2.24, 2.45) is 0 Å². The number of aromatic nitrogens is 1. The molecule has 0 aliphatic carbocycles. The lowest BCUT2D eigenvalue weighted by atomic mass is 10.1. The average molecular weight is 377 g/mol. The minimum atomic E-state index is -0.262. The van der Waals surface area contributed by atoms with E-state index in [1.165, 1.54) is 5.56 Å². The SMILES string of the molecule is Cc1cc2nc(-c3cccc(NC(=O)c4ccccc4Cl)c3)oc2cc1C. The van der Waals surface area contributed by atoms with Crippen LogP contribution in [0.4, 0.5) is 5.69 Å². The summed E-state index contributed by atoms with van der Waals surface area (Å²) >= 11 is 6.10. The maximum absolute atomic E-state index is 12.5. The molecule has 0 aliphatic rings. The number of halogens is 1. The third-order valence-corrected chi connectivity index (χ3v) is 4.82. The van der Waals surface area contributed by atoms with E-state index in [0.29, 0.717) is 22.2 Å². The summed E-state index contributed by atoms with van der Waals surface area (Å²) in [7, 11) is 0. The van der Waals surface area contributed by atoms with Gasteiger partial charge in [0.05, 0.1) is 10.6 Å². The summed E-state index contributed by atoms with van der Waals surface area (Å²) in [4.78, 5) is 17.0. The van der Waals surface area contributed by atoms with Gasteiger partial charge in [-0.1, -0.05) is 29.8 Å². The van der Waals surface area contributed by atoms with E-state index in [-0.39, 0.29) is 5.91 Å². The number of nitrogens with zero attached hydrogens (tertiary/aromatic N) is 1. The third-order valence-electron chi connectivity index (χ3n) is 4.49. The van der Waals surface area contributed by atoms with E-state index in [0.717, 1.165) is 22.2 Å². The molecule has 0 bridgehead atoms. The average Bonchev–Trinajstić information content (AvgIpc) is 3.05. The van der Waals surface area contributed by atoms with Gasteiger partial charge in [-0.2, -0.15) is 0 Å². The summed E-state index contributed by atoms with van der Waals surface area (Å²) in [5.41, 5.74) is 5.76. The lowest BCUT2D eigenvalue weighted by Crippen LogP contribution is -2.12. The zero-order chi connectivity index (χ0) is 19.0. The van der Waals surface area contributed by atoms with E-state index in [4.69, 9.17) is 16.0 Å². The molecule has 0 saturated carbocycles. The van der Waals surface area contributed by atoms with Crippen molar-refractivity contribution in [2.75, 3.05) is 5.32 Å². The number of nitrogens with one attached hydrogen (secondary N) is 1. The number of aryl methyl sites for hydroxylation is 2. The number of anilines is 1. The van der Waals surface area contributed by atoms with Gasteiger partial charge >= 0.3 is 0 Å². The molecule has 0 unspecified atom stereocenters. The molecule has 1 heterocycles. The highest BCUT2D eigenvalue weighted by atomic mass is 35.5. The van der Waals surface area contributed by atoms with Gasteiger partial charge in [0.25, 0.3) is 5.91 Å². The van der Waals surface area contributed by atoms with Gasteiger partial charge in [-0.3, -0.25) is 4.79 Å². The van der Waals surface area contributed by atoms with Gasteiger partial charge in [-0.25, -0.2) is 4.98 Å². The van der Waals surface area contributed by atoms with E-state index in [1.807, 2.05) is 50.2 Å². The molecule has 1 amide bonds. The molecule has 3 aromatic carbocycles. The Bertz CT molecular complexity index is 1130. The van der Waals surface area contributed by atoms with E-state index in [2.05, 4.69) is 10.3 Å². The maximum atomic E-state index is 12.5. The van der Waals surface area contributed by atoms with Crippen molar-refractivity contribution >= 4 is 34.3 Å². The lowest BCUT2D eigenvalue weighted by molar-refractivity contribution is 0.102. The molecule has 0 spiro atoms. The number of carbonyl (C=O) groups is 1. The number of amides is 1. The Morgan fingerprint density at radius 1 is 1.00 bits per heavy atom. The standard InChI is InChI=1S/C22H17ClN2O2/c1-13-10-19-20(11-14(13)2)27-22(25-19)15-6-5-7-16(12-15)24-21(26)17-8-3-4-9-18(17)23/h3-12H,1-2H3,(H,24,26). The van der Waals surface area contributed by atoms with Crippen LogP contribution in [0.25, 0.3) is 22.6 Å². The summed E-state index contributed by atoms with van der Waals surface area (Å²) in [6.45, 7) is 4.09. The van der Waals surface area contributed by atoms with Crippen molar-refractivity contribution in [1.82, 2.24) is 4.98 Å². The zero-order valence-corrected chi connectivity index (χ0v) is 15.7. The van der Waals surface area contributed by atoms with Crippen LogP contribution in [0.5, 0.6) is 0 Å². The second-order valence-corrected chi connectivity index (χ2v) is 6.85. The number of hydrogen-bond acceptors (Lipinski definition) is 3. The van der Waals surface area contributed by atoms with Crippen LogP contribution in [0.3, 0.4) is 0 Å². The predicted molar refractivity (Wildman–Crippen MR) is 108 cm³/mol. The molecule has 0 radical (unpaired) electrons. The molecule has 0 saturated heterocycles. The van der Waals surface area contributed by atoms with Crippen LogP contribution in [0, 0.1) is 13.8 Å². The number of oxazole rings is 1. The summed E-state index contributed by atoms with van der Waals surface area (Å²) < 4.78 is 5.91. The van der Waals surface area contributed by atoms with Gasteiger partial charge in [0.15, 0.2) is 5.58 Å². The Balaban J connectivity index is 1.65. The van der Waals surface area contributed by atoms with Crippen LogP contribution in [0.1, 0.15) is 21.5 Å². The van der Waals surface area contributed by atoms with Crippen molar-refractivity contribution in [3.05, 3.63) is 82.4 Å². The highest BCUT2D eigenvalue weighted by Gasteiger charge is 2.13. The summed E-state index contributed by atoms with van der Waals surface area (Å²) in [5.74, 6) is 0.255. The Kier molecular flexibility index (Phi) is 4.42. The first-order valence-corrected chi connectivity index (χ1v) is 8.93.